The first-order chi connectivity index (χ1) is 8.20. The van der Waals surface area contributed by atoms with Gasteiger partial charge < -0.3 is 4.74 Å². The maximum absolute atomic E-state index is 12.0. The van der Waals surface area contributed by atoms with Gasteiger partial charge in [0.25, 0.3) is 0 Å². The molecule has 1 aliphatic carbocycles. The highest BCUT2D eigenvalue weighted by molar-refractivity contribution is 6.01. The molecule has 1 aliphatic rings. The van der Waals surface area contributed by atoms with Crippen LogP contribution in [0.1, 0.15) is 31.7 Å². The minimum absolute atomic E-state index is 0.181. The Hall–Kier alpha value is -1.57. The maximum Gasteiger partial charge on any atom is 0.161 e. The van der Waals surface area contributed by atoms with Crippen LogP contribution in [0.5, 0.6) is 5.75 Å². The lowest BCUT2D eigenvalue weighted by Gasteiger charge is -2.19. The predicted molar refractivity (Wildman–Crippen MR) is 69.0 cm³/mol. The van der Waals surface area contributed by atoms with Gasteiger partial charge in [0.2, 0.25) is 0 Å². The molecule has 2 nitrogen and oxygen atoms in total. The monoisotopic (exact) mass is 230 g/mol. The van der Waals surface area contributed by atoms with Crippen LogP contribution in [0.3, 0.4) is 0 Å². The molecular formula is C15H18O2. The fourth-order valence-corrected chi connectivity index (χ4v) is 2.25. The molecular weight excluding hydrogens is 212 g/mol. The lowest BCUT2D eigenvalue weighted by molar-refractivity contribution is -0.119. The first-order valence-electron chi connectivity index (χ1n) is 6.09. The molecule has 0 radical (unpaired) electrons. The first-order valence-corrected chi connectivity index (χ1v) is 6.09. The number of rotatable bonds is 2. The maximum atomic E-state index is 12.0. The van der Waals surface area contributed by atoms with Gasteiger partial charge in [-0.15, -0.1) is 0 Å². The van der Waals surface area contributed by atoms with Crippen molar-refractivity contribution in [2.45, 2.75) is 26.2 Å². The zero-order chi connectivity index (χ0) is 12.3. The highest BCUT2D eigenvalue weighted by atomic mass is 16.5. The number of benzene rings is 1. The molecule has 0 aromatic heterocycles. The number of methoxy groups -OCH3 is 1. The Bertz CT molecular complexity index is 446. The van der Waals surface area contributed by atoms with Crippen molar-refractivity contribution >= 4 is 11.9 Å². The zero-order valence-corrected chi connectivity index (χ0v) is 10.4. The van der Waals surface area contributed by atoms with Crippen LogP contribution in [0.15, 0.2) is 29.8 Å². The van der Waals surface area contributed by atoms with Crippen LogP contribution in [0.2, 0.25) is 0 Å². The van der Waals surface area contributed by atoms with E-state index in [9.17, 15) is 4.79 Å². The van der Waals surface area contributed by atoms with Crippen molar-refractivity contribution in [2.75, 3.05) is 7.11 Å². The third-order valence-electron chi connectivity index (χ3n) is 3.28. The second-order valence-corrected chi connectivity index (χ2v) is 4.60. The molecule has 1 aromatic carbocycles. The SMILES string of the molecule is COc1cccc(/C=C2\CCCC(C)C2=O)c1. The summed E-state index contributed by atoms with van der Waals surface area (Å²) in [5.41, 5.74) is 2.00. The summed E-state index contributed by atoms with van der Waals surface area (Å²) in [5, 5.41) is 0. The fourth-order valence-electron chi connectivity index (χ4n) is 2.25. The number of carbonyl (C=O) groups excluding carboxylic acids is 1. The molecule has 1 aromatic rings. The molecule has 0 aliphatic heterocycles. The highest BCUT2D eigenvalue weighted by Gasteiger charge is 2.22. The molecule has 0 heterocycles. The predicted octanol–water partition coefficient (Wildman–Crippen LogP) is 3.47. The van der Waals surface area contributed by atoms with Crippen molar-refractivity contribution < 1.29 is 9.53 Å². The summed E-state index contributed by atoms with van der Waals surface area (Å²) < 4.78 is 5.18. The molecule has 0 bridgehead atoms. The second kappa shape index (κ2) is 5.17. The van der Waals surface area contributed by atoms with E-state index in [4.69, 9.17) is 4.74 Å². The van der Waals surface area contributed by atoms with Gasteiger partial charge in [-0.1, -0.05) is 19.1 Å². The Balaban J connectivity index is 2.25. The van der Waals surface area contributed by atoms with Gasteiger partial charge in [-0.25, -0.2) is 0 Å². The van der Waals surface area contributed by atoms with Gasteiger partial charge in [0.15, 0.2) is 5.78 Å². The summed E-state index contributed by atoms with van der Waals surface area (Å²) in [6.45, 7) is 2.01. The fraction of sp³-hybridized carbons (Fsp3) is 0.400. The van der Waals surface area contributed by atoms with E-state index < -0.39 is 0 Å². The van der Waals surface area contributed by atoms with E-state index in [1.54, 1.807) is 7.11 Å². The van der Waals surface area contributed by atoms with Crippen molar-refractivity contribution in [3.63, 3.8) is 0 Å². The molecule has 1 saturated carbocycles. The van der Waals surface area contributed by atoms with Crippen molar-refractivity contribution in [1.82, 2.24) is 0 Å². The standard InChI is InChI=1S/C15H18O2/c1-11-5-3-7-13(15(11)16)9-12-6-4-8-14(10-12)17-2/h4,6,8-11H,3,5,7H2,1-2H3/b13-9+. The summed E-state index contributed by atoms with van der Waals surface area (Å²) in [6, 6.07) is 7.82. The summed E-state index contributed by atoms with van der Waals surface area (Å²) in [4.78, 5) is 12.0. The molecule has 0 saturated heterocycles. The molecule has 17 heavy (non-hydrogen) atoms. The number of carbonyl (C=O) groups is 1. The van der Waals surface area contributed by atoms with E-state index >= 15 is 0 Å². The molecule has 0 N–H and O–H groups in total. The summed E-state index contributed by atoms with van der Waals surface area (Å²) >= 11 is 0. The Morgan fingerprint density at radius 1 is 1.41 bits per heavy atom. The quantitative estimate of drug-likeness (QED) is 0.727. The second-order valence-electron chi connectivity index (χ2n) is 4.60. The average molecular weight is 230 g/mol. The smallest absolute Gasteiger partial charge is 0.161 e. The van der Waals surface area contributed by atoms with Crippen molar-refractivity contribution in [1.29, 1.82) is 0 Å². The van der Waals surface area contributed by atoms with Gasteiger partial charge in [-0.2, -0.15) is 0 Å². The number of hydrogen-bond donors (Lipinski definition) is 0. The van der Waals surface area contributed by atoms with Crippen LogP contribution >= 0.6 is 0 Å². The molecule has 2 heteroatoms. The number of Topliss-reactive ketones (excluding diaryl/α,β-unsaturated/α-hetero) is 1. The van der Waals surface area contributed by atoms with Crippen molar-refractivity contribution in [2.24, 2.45) is 5.92 Å². The van der Waals surface area contributed by atoms with Gasteiger partial charge in [0, 0.05) is 5.92 Å². The highest BCUT2D eigenvalue weighted by Crippen LogP contribution is 2.27. The molecule has 0 spiro atoms. The Kier molecular flexibility index (Phi) is 3.62. The van der Waals surface area contributed by atoms with E-state index in [0.29, 0.717) is 5.78 Å². The third-order valence-corrected chi connectivity index (χ3v) is 3.28. The van der Waals surface area contributed by atoms with Crippen molar-refractivity contribution in [3.05, 3.63) is 35.4 Å². The van der Waals surface area contributed by atoms with E-state index in [0.717, 1.165) is 36.1 Å². The molecule has 0 amide bonds. The van der Waals surface area contributed by atoms with Crippen molar-refractivity contribution in [3.8, 4) is 5.75 Å². The van der Waals surface area contributed by atoms with Crippen LogP contribution in [0.4, 0.5) is 0 Å². The van der Waals surface area contributed by atoms with E-state index in [1.165, 1.54) is 0 Å². The van der Waals surface area contributed by atoms with E-state index in [1.807, 2.05) is 37.3 Å². The van der Waals surface area contributed by atoms with Gasteiger partial charge in [-0.3, -0.25) is 4.79 Å². The van der Waals surface area contributed by atoms with E-state index in [2.05, 4.69) is 0 Å². The summed E-state index contributed by atoms with van der Waals surface area (Å²) in [5.74, 6) is 1.32. The molecule has 1 fully saturated rings. The van der Waals surface area contributed by atoms with E-state index in [-0.39, 0.29) is 5.92 Å². The number of hydrogen-bond acceptors (Lipinski definition) is 2. The Labute approximate surface area is 102 Å². The molecule has 1 atom stereocenters. The number of allylic oxidation sites excluding steroid dienone is 1. The summed E-state index contributed by atoms with van der Waals surface area (Å²) in [7, 11) is 1.65. The summed E-state index contributed by atoms with van der Waals surface area (Å²) in [6.07, 6.45) is 5.04. The topological polar surface area (TPSA) is 26.3 Å². The van der Waals surface area contributed by atoms with Gasteiger partial charge in [-0.05, 0) is 48.6 Å². The van der Waals surface area contributed by atoms with Gasteiger partial charge in [0.1, 0.15) is 5.75 Å². The third kappa shape index (κ3) is 2.76. The minimum Gasteiger partial charge on any atom is -0.497 e. The normalized spacial score (nSPS) is 22.8. The van der Waals surface area contributed by atoms with Crippen LogP contribution in [-0.4, -0.2) is 12.9 Å². The lowest BCUT2D eigenvalue weighted by atomic mass is 9.84. The first kappa shape index (κ1) is 11.9. The van der Waals surface area contributed by atoms with Gasteiger partial charge in [0.05, 0.1) is 7.11 Å². The number of ether oxygens (including phenoxy) is 1. The molecule has 90 valence electrons. The van der Waals surface area contributed by atoms with Crippen LogP contribution in [-0.2, 0) is 4.79 Å². The van der Waals surface area contributed by atoms with Crippen LogP contribution in [0, 0.1) is 5.92 Å². The lowest BCUT2D eigenvalue weighted by Crippen LogP contribution is -2.18. The average Bonchev–Trinajstić information content (AvgIpc) is 2.35. The Morgan fingerprint density at radius 2 is 2.24 bits per heavy atom. The zero-order valence-electron chi connectivity index (χ0n) is 10.4. The van der Waals surface area contributed by atoms with Gasteiger partial charge >= 0.3 is 0 Å². The van der Waals surface area contributed by atoms with Crippen LogP contribution < -0.4 is 4.74 Å². The molecule has 1 unspecified atom stereocenters. The van der Waals surface area contributed by atoms with Crippen LogP contribution in [0.25, 0.3) is 6.08 Å². The Morgan fingerprint density at radius 3 is 3.00 bits per heavy atom. The molecule has 2 rings (SSSR count). The number of ketones is 1. The minimum atomic E-state index is 0.181. The largest absolute Gasteiger partial charge is 0.497 e.